The Balaban J connectivity index is 1.80. The molecule has 1 heterocycles. The van der Waals surface area contributed by atoms with E-state index in [4.69, 9.17) is 4.74 Å². The van der Waals surface area contributed by atoms with Crippen molar-refractivity contribution < 1.29 is 14.9 Å². The van der Waals surface area contributed by atoms with Crippen molar-refractivity contribution in [3.8, 4) is 23.3 Å². The highest BCUT2D eigenvalue weighted by Gasteiger charge is 2.07. The molecule has 0 aliphatic carbocycles. The van der Waals surface area contributed by atoms with E-state index in [0.717, 1.165) is 11.3 Å². The van der Waals surface area contributed by atoms with Gasteiger partial charge in [0.1, 0.15) is 11.5 Å². The second kappa shape index (κ2) is 5.63. The van der Waals surface area contributed by atoms with Crippen LogP contribution in [0.4, 0.5) is 0 Å². The summed E-state index contributed by atoms with van der Waals surface area (Å²) < 4.78 is 7.18. The first-order valence-corrected chi connectivity index (χ1v) is 6.62. The molecule has 0 unspecified atom stereocenters. The lowest BCUT2D eigenvalue weighted by molar-refractivity contribution is 0.377. The molecule has 3 rings (SSSR count). The summed E-state index contributed by atoms with van der Waals surface area (Å²) in [5.41, 5.74) is 0.922. The van der Waals surface area contributed by atoms with E-state index < -0.39 is 0 Å². The van der Waals surface area contributed by atoms with E-state index in [1.165, 1.54) is 16.7 Å². The zero-order valence-corrected chi connectivity index (χ0v) is 11.3. The van der Waals surface area contributed by atoms with Gasteiger partial charge in [-0.15, -0.1) is 0 Å². The van der Waals surface area contributed by atoms with Gasteiger partial charge >= 0.3 is 0 Å². The molecular formula is C17H15NO3. The van der Waals surface area contributed by atoms with Crippen LogP contribution in [0.2, 0.25) is 0 Å². The third-order valence-electron chi connectivity index (χ3n) is 3.15. The molecule has 0 aliphatic heterocycles. The molecule has 1 aromatic heterocycles. The molecule has 21 heavy (non-hydrogen) atoms. The van der Waals surface area contributed by atoms with Gasteiger partial charge in [-0.2, -0.15) is 0 Å². The molecular weight excluding hydrogens is 266 g/mol. The molecule has 3 aromatic rings. The minimum atomic E-state index is 0.0295. The zero-order valence-electron chi connectivity index (χ0n) is 11.3. The average molecular weight is 281 g/mol. The lowest BCUT2D eigenvalue weighted by atomic mass is 10.2. The molecule has 0 saturated heterocycles. The highest BCUT2D eigenvalue weighted by molar-refractivity contribution is 5.35. The first-order valence-electron chi connectivity index (χ1n) is 6.62. The molecule has 0 aliphatic rings. The van der Waals surface area contributed by atoms with Crippen LogP contribution in [-0.4, -0.2) is 14.8 Å². The number of ether oxygens (including phenoxy) is 1. The molecule has 4 nitrogen and oxygen atoms in total. The van der Waals surface area contributed by atoms with Crippen molar-refractivity contribution in [3.63, 3.8) is 0 Å². The number of nitrogens with zero attached hydrogens (tertiary/aromatic N) is 1. The van der Waals surface area contributed by atoms with Crippen LogP contribution in [0.15, 0.2) is 66.7 Å². The smallest absolute Gasteiger partial charge is 0.194 e. The number of para-hydroxylation sites is 1. The predicted octanol–water partition coefficient (Wildman–Crippen LogP) is 3.74. The third-order valence-corrected chi connectivity index (χ3v) is 3.15. The molecule has 0 bridgehead atoms. The first kappa shape index (κ1) is 13.1. The van der Waals surface area contributed by atoms with E-state index in [1.54, 1.807) is 0 Å². The quantitative estimate of drug-likeness (QED) is 0.766. The van der Waals surface area contributed by atoms with Crippen molar-refractivity contribution in [2.75, 3.05) is 0 Å². The highest BCUT2D eigenvalue weighted by Crippen LogP contribution is 2.25. The molecule has 2 N–H and O–H groups in total. The minimum absolute atomic E-state index is 0.0295. The molecule has 0 atom stereocenters. The summed E-state index contributed by atoms with van der Waals surface area (Å²) >= 11 is 0. The Morgan fingerprint density at radius 2 is 1.43 bits per heavy atom. The van der Waals surface area contributed by atoms with E-state index in [-0.39, 0.29) is 11.8 Å². The summed E-state index contributed by atoms with van der Waals surface area (Å²) in [5.74, 6) is 1.54. The minimum Gasteiger partial charge on any atom is -0.494 e. The zero-order chi connectivity index (χ0) is 14.7. The van der Waals surface area contributed by atoms with Crippen LogP contribution in [0.3, 0.4) is 0 Å². The Labute approximate surface area is 122 Å². The van der Waals surface area contributed by atoms with Crippen LogP contribution in [0.5, 0.6) is 23.3 Å². The van der Waals surface area contributed by atoms with Gasteiger partial charge in [-0.1, -0.05) is 30.3 Å². The van der Waals surface area contributed by atoms with Crippen LogP contribution in [0.25, 0.3) is 0 Å². The fourth-order valence-electron chi connectivity index (χ4n) is 2.12. The summed E-state index contributed by atoms with van der Waals surface area (Å²) in [5, 5.41) is 19.3. The number of rotatable bonds is 4. The fraction of sp³-hybridized carbons (Fsp3) is 0.0588. The normalized spacial score (nSPS) is 10.5. The van der Waals surface area contributed by atoms with Crippen LogP contribution in [0.1, 0.15) is 5.56 Å². The van der Waals surface area contributed by atoms with Gasteiger partial charge in [0, 0.05) is 12.1 Å². The Hall–Kier alpha value is -2.88. The number of hydrogen-bond acceptors (Lipinski definition) is 3. The Kier molecular flexibility index (Phi) is 3.51. The van der Waals surface area contributed by atoms with Gasteiger partial charge in [0.15, 0.2) is 11.8 Å². The van der Waals surface area contributed by atoms with Crippen LogP contribution >= 0.6 is 0 Å². The van der Waals surface area contributed by atoms with E-state index in [1.807, 2.05) is 54.6 Å². The van der Waals surface area contributed by atoms with Gasteiger partial charge in [0.25, 0.3) is 0 Å². The van der Waals surface area contributed by atoms with Crippen LogP contribution < -0.4 is 4.74 Å². The molecule has 0 radical (unpaired) electrons. The Morgan fingerprint density at radius 1 is 0.762 bits per heavy atom. The highest BCUT2D eigenvalue weighted by atomic mass is 16.5. The van der Waals surface area contributed by atoms with Gasteiger partial charge in [-0.3, -0.25) is 4.57 Å². The molecule has 4 heteroatoms. The van der Waals surface area contributed by atoms with Gasteiger partial charge < -0.3 is 14.9 Å². The summed E-state index contributed by atoms with van der Waals surface area (Å²) in [6, 6.07) is 20.0. The monoisotopic (exact) mass is 281 g/mol. The maximum atomic E-state index is 9.67. The van der Waals surface area contributed by atoms with E-state index in [2.05, 4.69) is 0 Å². The van der Waals surface area contributed by atoms with Crippen LogP contribution in [0, 0.1) is 0 Å². The fourth-order valence-corrected chi connectivity index (χ4v) is 2.12. The van der Waals surface area contributed by atoms with E-state index in [9.17, 15) is 10.2 Å². The third kappa shape index (κ3) is 3.00. The number of aromatic hydroxyl groups is 2. The second-order valence-corrected chi connectivity index (χ2v) is 4.70. The van der Waals surface area contributed by atoms with E-state index in [0.29, 0.717) is 12.3 Å². The van der Waals surface area contributed by atoms with Crippen molar-refractivity contribution >= 4 is 0 Å². The maximum Gasteiger partial charge on any atom is 0.194 e. The van der Waals surface area contributed by atoms with Crippen molar-refractivity contribution in [1.29, 1.82) is 0 Å². The predicted molar refractivity (Wildman–Crippen MR) is 79.8 cm³/mol. The lowest BCUT2D eigenvalue weighted by Gasteiger charge is -2.10. The Bertz CT molecular complexity index is 715. The van der Waals surface area contributed by atoms with Gasteiger partial charge in [-0.25, -0.2) is 0 Å². The van der Waals surface area contributed by atoms with Crippen LogP contribution in [-0.2, 0) is 6.54 Å². The number of benzene rings is 2. The molecule has 0 saturated carbocycles. The second-order valence-electron chi connectivity index (χ2n) is 4.70. The molecule has 2 aromatic carbocycles. The van der Waals surface area contributed by atoms with Gasteiger partial charge in [0.2, 0.25) is 0 Å². The first-order chi connectivity index (χ1) is 10.2. The number of aromatic nitrogens is 1. The molecule has 0 amide bonds. The molecule has 106 valence electrons. The summed E-state index contributed by atoms with van der Waals surface area (Å²) in [6.07, 6.45) is 0. The van der Waals surface area contributed by atoms with Gasteiger partial charge in [-0.05, 0) is 29.8 Å². The summed E-state index contributed by atoms with van der Waals surface area (Å²) in [6.45, 7) is 0.372. The number of hydrogen-bond donors (Lipinski definition) is 2. The standard InChI is InChI=1S/C17H15NO3/c19-16-9-10-17(20)18(16)12-13-5-4-8-15(11-13)21-14-6-2-1-3-7-14/h1-11,19-20H,12H2. The topological polar surface area (TPSA) is 54.6 Å². The van der Waals surface area contributed by atoms with Crippen molar-refractivity contribution in [1.82, 2.24) is 4.57 Å². The lowest BCUT2D eigenvalue weighted by Crippen LogP contribution is -1.98. The molecule has 0 fully saturated rings. The van der Waals surface area contributed by atoms with Gasteiger partial charge in [0.05, 0.1) is 6.54 Å². The largest absolute Gasteiger partial charge is 0.494 e. The molecule has 0 spiro atoms. The maximum absolute atomic E-state index is 9.67. The average Bonchev–Trinajstić information content (AvgIpc) is 2.81. The SMILES string of the molecule is Oc1ccc(O)n1Cc1cccc(Oc2ccccc2)c1. The summed E-state index contributed by atoms with van der Waals surface area (Å²) in [7, 11) is 0. The van der Waals surface area contributed by atoms with Crippen molar-refractivity contribution in [2.24, 2.45) is 0 Å². The van der Waals surface area contributed by atoms with Crippen molar-refractivity contribution in [3.05, 3.63) is 72.3 Å². The summed E-state index contributed by atoms with van der Waals surface area (Å²) in [4.78, 5) is 0. The Morgan fingerprint density at radius 3 is 2.14 bits per heavy atom. The van der Waals surface area contributed by atoms with E-state index >= 15 is 0 Å². The van der Waals surface area contributed by atoms with Crippen molar-refractivity contribution in [2.45, 2.75) is 6.54 Å².